The zero-order chi connectivity index (χ0) is 17.5. The van der Waals surface area contributed by atoms with Crippen LogP contribution in [0.1, 0.15) is 6.42 Å². The smallest absolute Gasteiger partial charge is 0.225 e. The van der Waals surface area contributed by atoms with Crippen molar-refractivity contribution in [1.82, 2.24) is 9.97 Å². The summed E-state index contributed by atoms with van der Waals surface area (Å²) < 4.78 is 0. The molecule has 0 unspecified atom stereocenters. The van der Waals surface area contributed by atoms with Gasteiger partial charge in [0.25, 0.3) is 0 Å². The van der Waals surface area contributed by atoms with Gasteiger partial charge in [-0.2, -0.15) is 0 Å². The largest absolute Gasteiger partial charge is 0.340 e. The molecule has 0 fully saturated rings. The van der Waals surface area contributed by atoms with Gasteiger partial charge in [0.05, 0.1) is 5.69 Å². The van der Waals surface area contributed by atoms with E-state index in [0.29, 0.717) is 18.1 Å². The highest BCUT2D eigenvalue weighted by Gasteiger charge is 2.04. The minimum atomic E-state index is -0.0981. The molecule has 3 rings (SSSR count). The van der Waals surface area contributed by atoms with E-state index in [1.807, 2.05) is 60.7 Å². The van der Waals surface area contributed by atoms with Crippen molar-refractivity contribution < 1.29 is 4.79 Å². The van der Waals surface area contributed by atoms with E-state index in [9.17, 15) is 4.79 Å². The summed E-state index contributed by atoms with van der Waals surface area (Å²) in [7, 11) is 0. The van der Waals surface area contributed by atoms with Crippen molar-refractivity contribution in [1.29, 1.82) is 0 Å². The Bertz CT molecular complexity index is 838. The van der Waals surface area contributed by atoms with E-state index >= 15 is 0 Å². The minimum absolute atomic E-state index is 0.0981. The lowest BCUT2D eigenvalue weighted by atomic mass is 10.1. The molecule has 1 amide bonds. The predicted molar refractivity (Wildman–Crippen MR) is 101 cm³/mol. The fourth-order valence-corrected chi connectivity index (χ4v) is 2.46. The topological polar surface area (TPSA) is 66.9 Å². The van der Waals surface area contributed by atoms with E-state index < -0.39 is 0 Å². The summed E-state index contributed by atoms with van der Waals surface area (Å²) in [6.07, 6.45) is 1.83. The first kappa shape index (κ1) is 16.9. The predicted octanol–water partition coefficient (Wildman–Crippen LogP) is 4.45. The van der Waals surface area contributed by atoms with Gasteiger partial charge in [0.1, 0.15) is 12.1 Å². The lowest BCUT2D eigenvalue weighted by Crippen LogP contribution is -2.11. The van der Waals surface area contributed by atoms with E-state index in [2.05, 4.69) is 20.6 Å². The van der Waals surface area contributed by atoms with Gasteiger partial charge in [-0.05, 0) is 24.3 Å². The molecule has 25 heavy (non-hydrogen) atoms. The first-order valence-corrected chi connectivity index (χ1v) is 8.38. The number of carbonyl (C=O) groups is 1. The molecule has 6 heteroatoms. The summed E-state index contributed by atoms with van der Waals surface area (Å²) in [4.78, 5) is 20.1. The van der Waals surface area contributed by atoms with Gasteiger partial charge in [-0.15, -0.1) is 11.6 Å². The van der Waals surface area contributed by atoms with Crippen molar-refractivity contribution in [2.24, 2.45) is 0 Å². The molecule has 5 nitrogen and oxygen atoms in total. The molecule has 2 N–H and O–H groups in total. The number of hydrogen-bond acceptors (Lipinski definition) is 4. The van der Waals surface area contributed by atoms with Gasteiger partial charge < -0.3 is 10.6 Å². The summed E-state index contributed by atoms with van der Waals surface area (Å²) in [6, 6.07) is 19.2. The van der Waals surface area contributed by atoms with E-state index in [4.69, 9.17) is 11.6 Å². The van der Waals surface area contributed by atoms with Crippen molar-refractivity contribution in [3.8, 4) is 11.3 Å². The second kappa shape index (κ2) is 8.26. The van der Waals surface area contributed by atoms with Crippen LogP contribution in [0.25, 0.3) is 11.3 Å². The molecule has 0 aliphatic rings. The van der Waals surface area contributed by atoms with Crippen molar-refractivity contribution in [2.75, 3.05) is 16.5 Å². The maximum Gasteiger partial charge on any atom is 0.225 e. The number of nitrogens with one attached hydrogen (secondary N) is 2. The maximum atomic E-state index is 11.5. The van der Waals surface area contributed by atoms with Crippen molar-refractivity contribution in [2.45, 2.75) is 6.42 Å². The van der Waals surface area contributed by atoms with Crippen LogP contribution >= 0.6 is 11.6 Å². The number of amides is 1. The Morgan fingerprint density at radius 2 is 1.68 bits per heavy atom. The third kappa shape index (κ3) is 4.78. The highest BCUT2D eigenvalue weighted by Crippen LogP contribution is 2.21. The molecule has 0 bridgehead atoms. The van der Waals surface area contributed by atoms with Crippen molar-refractivity contribution in [3.05, 3.63) is 67.0 Å². The molecule has 0 aliphatic heterocycles. The van der Waals surface area contributed by atoms with Crippen LogP contribution in [0.5, 0.6) is 0 Å². The third-order valence-electron chi connectivity index (χ3n) is 3.50. The molecule has 0 saturated heterocycles. The Labute approximate surface area is 151 Å². The van der Waals surface area contributed by atoms with Gasteiger partial charge in [-0.1, -0.05) is 30.3 Å². The van der Waals surface area contributed by atoms with Crippen LogP contribution in [-0.4, -0.2) is 21.8 Å². The molecular formula is C19H17ClN4O. The van der Waals surface area contributed by atoms with Crippen LogP contribution < -0.4 is 10.6 Å². The van der Waals surface area contributed by atoms with E-state index in [1.165, 1.54) is 6.33 Å². The third-order valence-corrected chi connectivity index (χ3v) is 3.69. The summed E-state index contributed by atoms with van der Waals surface area (Å²) in [6.45, 7) is 0. The van der Waals surface area contributed by atoms with Crippen LogP contribution in [0.15, 0.2) is 67.0 Å². The first-order chi connectivity index (χ1) is 12.2. The summed E-state index contributed by atoms with van der Waals surface area (Å²) in [5, 5.41) is 6.02. The normalized spacial score (nSPS) is 10.3. The van der Waals surface area contributed by atoms with Crippen LogP contribution in [-0.2, 0) is 4.79 Å². The molecule has 0 radical (unpaired) electrons. The van der Waals surface area contributed by atoms with E-state index in [-0.39, 0.29) is 5.91 Å². The van der Waals surface area contributed by atoms with Gasteiger partial charge in [0.15, 0.2) is 0 Å². The average molecular weight is 353 g/mol. The molecular weight excluding hydrogens is 336 g/mol. The van der Waals surface area contributed by atoms with Crippen LogP contribution in [0.4, 0.5) is 17.2 Å². The summed E-state index contributed by atoms with van der Waals surface area (Å²) >= 11 is 5.55. The summed E-state index contributed by atoms with van der Waals surface area (Å²) in [5.74, 6) is 0.912. The molecule has 1 heterocycles. The Hall–Kier alpha value is -2.92. The quantitative estimate of drug-likeness (QED) is 0.643. The van der Waals surface area contributed by atoms with Crippen molar-refractivity contribution >= 4 is 34.7 Å². The fraction of sp³-hybridized carbons (Fsp3) is 0.105. The van der Waals surface area contributed by atoms with Gasteiger partial charge >= 0.3 is 0 Å². The number of carbonyl (C=O) groups excluding carboxylic acids is 1. The molecule has 1 aromatic heterocycles. The van der Waals surface area contributed by atoms with Crippen LogP contribution in [0.2, 0.25) is 0 Å². The van der Waals surface area contributed by atoms with Gasteiger partial charge in [0.2, 0.25) is 5.91 Å². The highest BCUT2D eigenvalue weighted by atomic mass is 35.5. The average Bonchev–Trinajstić information content (AvgIpc) is 2.65. The highest BCUT2D eigenvalue weighted by molar-refractivity contribution is 6.19. The number of rotatable bonds is 6. The number of benzene rings is 2. The number of nitrogens with zero attached hydrogens (tertiary/aromatic N) is 2. The molecule has 0 atom stereocenters. The fourth-order valence-electron chi connectivity index (χ4n) is 2.29. The Morgan fingerprint density at radius 3 is 2.40 bits per heavy atom. The lowest BCUT2D eigenvalue weighted by molar-refractivity contribution is -0.115. The van der Waals surface area contributed by atoms with E-state index in [0.717, 1.165) is 22.6 Å². The standard InChI is InChI=1S/C19H17ClN4O/c20-11-10-19(25)24-16-8-6-15(7-9-16)23-18-12-17(21-13-22-18)14-4-2-1-3-5-14/h1-9,12-13H,10-11H2,(H,24,25)(H,21,22,23). The number of anilines is 3. The maximum absolute atomic E-state index is 11.5. The van der Waals surface area contributed by atoms with Gasteiger partial charge in [-0.3, -0.25) is 4.79 Å². The number of halogens is 1. The van der Waals surface area contributed by atoms with E-state index in [1.54, 1.807) is 0 Å². The Morgan fingerprint density at radius 1 is 0.960 bits per heavy atom. The van der Waals surface area contributed by atoms with Crippen LogP contribution in [0.3, 0.4) is 0 Å². The Balaban J connectivity index is 1.69. The zero-order valence-corrected chi connectivity index (χ0v) is 14.2. The minimum Gasteiger partial charge on any atom is -0.340 e. The van der Waals surface area contributed by atoms with Gasteiger partial charge in [0, 0.05) is 35.3 Å². The molecule has 0 aliphatic carbocycles. The number of hydrogen-bond donors (Lipinski definition) is 2. The summed E-state index contributed by atoms with van der Waals surface area (Å²) in [5.41, 5.74) is 3.48. The van der Waals surface area contributed by atoms with Crippen LogP contribution in [0, 0.1) is 0 Å². The van der Waals surface area contributed by atoms with Crippen molar-refractivity contribution in [3.63, 3.8) is 0 Å². The van der Waals surface area contributed by atoms with Gasteiger partial charge in [-0.25, -0.2) is 9.97 Å². The Kier molecular flexibility index (Phi) is 5.59. The zero-order valence-electron chi connectivity index (χ0n) is 13.4. The lowest BCUT2D eigenvalue weighted by Gasteiger charge is -2.09. The molecule has 3 aromatic rings. The molecule has 2 aromatic carbocycles. The SMILES string of the molecule is O=C(CCCl)Nc1ccc(Nc2cc(-c3ccccc3)ncn2)cc1. The second-order valence-corrected chi connectivity index (χ2v) is 5.72. The molecule has 126 valence electrons. The second-order valence-electron chi connectivity index (χ2n) is 5.34. The monoisotopic (exact) mass is 352 g/mol. The molecule has 0 saturated carbocycles. The number of alkyl halides is 1. The molecule has 0 spiro atoms. The first-order valence-electron chi connectivity index (χ1n) is 7.85. The number of aromatic nitrogens is 2.